The van der Waals surface area contributed by atoms with Crippen LogP contribution in [0.4, 0.5) is 0 Å². The summed E-state index contributed by atoms with van der Waals surface area (Å²) in [6, 6.07) is 0.586. The number of carbonyl (C=O) groups excluding carboxylic acids is 1. The van der Waals surface area contributed by atoms with Crippen molar-refractivity contribution >= 4 is 23.6 Å². The molecule has 0 bridgehead atoms. The molecule has 0 spiro atoms. The number of carbonyl (C=O) groups is 2. The van der Waals surface area contributed by atoms with Gasteiger partial charge in [0.1, 0.15) is 0 Å². The molecule has 92 valence electrons. The quantitative estimate of drug-likeness (QED) is 0.817. The van der Waals surface area contributed by atoms with Crippen molar-refractivity contribution in [3.05, 3.63) is 0 Å². The third kappa shape index (κ3) is 3.70. The number of carboxylic acid groups (broad SMARTS) is 1. The number of rotatable bonds is 4. The fraction of sp³-hybridized carbons (Fsp3) is 0.818. The third-order valence-electron chi connectivity index (χ3n) is 2.93. The van der Waals surface area contributed by atoms with Crippen LogP contribution in [-0.2, 0) is 9.59 Å². The second-order valence-electron chi connectivity index (χ2n) is 4.32. The van der Waals surface area contributed by atoms with Crippen molar-refractivity contribution in [2.24, 2.45) is 0 Å². The van der Waals surface area contributed by atoms with Crippen LogP contribution in [0.5, 0.6) is 0 Å². The first kappa shape index (κ1) is 13.4. The molecule has 16 heavy (non-hydrogen) atoms. The van der Waals surface area contributed by atoms with Crippen LogP contribution in [0.25, 0.3) is 0 Å². The normalized spacial score (nSPS) is 25.5. The smallest absolute Gasteiger partial charge is 0.313 e. The van der Waals surface area contributed by atoms with Crippen LogP contribution in [0.2, 0.25) is 0 Å². The summed E-state index contributed by atoms with van der Waals surface area (Å²) in [6.07, 6.45) is 3.29. The average molecular weight is 245 g/mol. The van der Waals surface area contributed by atoms with Crippen molar-refractivity contribution < 1.29 is 14.7 Å². The lowest BCUT2D eigenvalue weighted by molar-refractivity contribution is -0.134. The van der Waals surface area contributed by atoms with Crippen LogP contribution >= 0.6 is 11.8 Å². The van der Waals surface area contributed by atoms with E-state index in [1.807, 2.05) is 4.90 Å². The van der Waals surface area contributed by atoms with Crippen LogP contribution in [0, 0.1) is 0 Å². The predicted octanol–water partition coefficient (Wildman–Crippen LogP) is 1.59. The van der Waals surface area contributed by atoms with Gasteiger partial charge in [-0.15, -0.1) is 11.8 Å². The number of hydrogen-bond acceptors (Lipinski definition) is 3. The van der Waals surface area contributed by atoms with Crippen molar-refractivity contribution in [1.29, 1.82) is 0 Å². The Balaban J connectivity index is 2.41. The summed E-state index contributed by atoms with van der Waals surface area (Å²) >= 11 is 1.18. The highest BCUT2D eigenvalue weighted by molar-refractivity contribution is 8.00. The van der Waals surface area contributed by atoms with Gasteiger partial charge in [0.15, 0.2) is 0 Å². The van der Waals surface area contributed by atoms with Gasteiger partial charge in [-0.3, -0.25) is 9.59 Å². The molecule has 1 aliphatic rings. The number of likely N-dealkylation sites (tertiary alicyclic amines) is 1. The molecule has 2 atom stereocenters. The van der Waals surface area contributed by atoms with E-state index in [-0.39, 0.29) is 17.4 Å². The molecule has 1 saturated heterocycles. The molecule has 0 saturated carbocycles. The van der Waals surface area contributed by atoms with E-state index in [4.69, 9.17) is 5.11 Å². The lowest BCUT2D eigenvalue weighted by Gasteiger charge is -2.39. The average Bonchev–Trinajstić information content (AvgIpc) is 2.16. The molecular formula is C11H19NO3S. The van der Waals surface area contributed by atoms with Gasteiger partial charge in [0.2, 0.25) is 5.91 Å². The minimum Gasteiger partial charge on any atom is -0.481 e. The highest BCUT2D eigenvalue weighted by Gasteiger charge is 2.28. The van der Waals surface area contributed by atoms with E-state index in [1.165, 1.54) is 18.2 Å². The Labute approximate surface area is 100 Å². The minimum absolute atomic E-state index is 0.00232. The first-order valence-corrected chi connectivity index (χ1v) is 6.78. The molecule has 1 amide bonds. The van der Waals surface area contributed by atoms with Gasteiger partial charge in [0.05, 0.1) is 11.5 Å². The molecule has 0 aromatic carbocycles. The Kier molecular flexibility index (Phi) is 5.12. The highest BCUT2D eigenvalue weighted by atomic mass is 32.2. The second-order valence-corrected chi connectivity index (χ2v) is 5.30. The van der Waals surface area contributed by atoms with E-state index < -0.39 is 5.97 Å². The molecule has 0 unspecified atom stereocenters. The maximum atomic E-state index is 11.9. The summed E-state index contributed by atoms with van der Waals surface area (Å²) in [5.74, 6) is -0.507. The summed E-state index contributed by atoms with van der Waals surface area (Å²) in [4.78, 5) is 24.2. The molecule has 1 rings (SSSR count). The molecule has 5 heteroatoms. The summed E-state index contributed by atoms with van der Waals surface area (Å²) < 4.78 is 0. The first-order valence-electron chi connectivity index (χ1n) is 5.63. The van der Waals surface area contributed by atoms with E-state index in [2.05, 4.69) is 13.8 Å². The molecule has 1 aliphatic heterocycles. The summed E-state index contributed by atoms with van der Waals surface area (Å²) in [5, 5.41) is 8.49. The third-order valence-corrected chi connectivity index (χ3v) is 3.83. The van der Waals surface area contributed by atoms with Gasteiger partial charge in [0, 0.05) is 12.1 Å². The molecule has 1 fully saturated rings. The Morgan fingerprint density at radius 2 is 1.81 bits per heavy atom. The number of hydrogen-bond donors (Lipinski definition) is 1. The van der Waals surface area contributed by atoms with Gasteiger partial charge >= 0.3 is 5.97 Å². The van der Waals surface area contributed by atoms with Gasteiger partial charge in [0.25, 0.3) is 0 Å². The van der Waals surface area contributed by atoms with Crippen LogP contribution in [-0.4, -0.2) is 45.5 Å². The van der Waals surface area contributed by atoms with Crippen molar-refractivity contribution in [2.75, 3.05) is 11.5 Å². The van der Waals surface area contributed by atoms with Gasteiger partial charge in [-0.1, -0.05) is 0 Å². The lowest BCUT2D eigenvalue weighted by Crippen LogP contribution is -2.48. The maximum absolute atomic E-state index is 11.9. The number of aliphatic carboxylic acids is 1. The van der Waals surface area contributed by atoms with E-state index in [9.17, 15) is 9.59 Å². The molecule has 0 aliphatic carbocycles. The summed E-state index contributed by atoms with van der Waals surface area (Å²) in [6.45, 7) is 4.13. The zero-order valence-electron chi connectivity index (χ0n) is 9.81. The number of nitrogens with zero attached hydrogens (tertiary/aromatic N) is 1. The molecule has 1 N–H and O–H groups in total. The summed E-state index contributed by atoms with van der Waals surface area (Å²) in [7, 11) is 0. The van der Waals surface area contributed by atoms with Crippen LogP contribution in [0.15, 0.2) is 0 Å². The van der Waals surface area contributed by atoms with Gasteiger partial charge in [-0.2, -0.15) is 0 Å². The number of thioether (sulfide) groups is 1. The number of piperidine rings is 1. The molecule has 0 radical (unpaired) electrons. The van der Waals surface area contributed by atoms with Gasteiger partial charge < -0.3 is 10.0 Å². The van der Waals surface area contributed by atoms with E-state index >= 15 is 0 Å². The van der Waals surface area contributed by atoms with Gasteiger partial charge in [-0.25, -0.2) is 0 Å². The summed E-state index contributed by atoms with van der Waals surface area (Å²) in [5.41, 5.74) is 0. The van der Waals surface area contributed by atoms with Crippen molar-refractivity contribution in [2.45, 2.75) is 45.2 Å². The largest absolute Gasteiger partial charge is 0.481 e. The molecule has 1 heterocycles. The van der Waals surface area contributed by atoms with Gasteiger partial charge in [-0.05, 0) is 33.1 Å². The Hall–Kier alpha value is -0.710. The van der Waals surface area contributed by atoms with Crippen molar-refractivity contribution in [3.8, 4) is 0 Å². The van der Waals surface area contributed by atoms with Crippen LogP contribution in [0.3, 0.4) is 0 Å². The zero-order chi connectivity index (χ0) is 12.1. The molecule has 0 aromatic heterocycles. The number of carboxylic acids is 1. The van der Waals surface area contributed by atoms with Crippen LogP contribution in [0.1, 0.15) is 33.1 Å². The monoisotopic (exact) mass is 245 g/mol. The fourth-order valence-electron chi connectivity index (χ4n) is 2.21. The van der Waals surface area contributed by atoms with Crippen molar-refractivity contribution in [3.63, 3.8) is 0 Å². The second kappa shape index (κ2) is 6.13. The van der Waals surface area contributed by atoms with E-state index in [0.29, 0.717) is 12.1 Å². The SMILES string of the molecule is C[C@@H]1CCC[C@H](C)N1C(=O)CSCC(=O)O. The molecule has 0 aromatic rings. The fourth-order valence-corrected chi connectivity index (χ4v) is 2.81. The maximum Gasteiger partial charge on any atom is 0.313 e. The lowest BCUT2D eigenvalue weighted by atomic mass is 9.98. The van der Waals surface area contributed by atoms with E-state index in [0.717, 1.165) is 12.8 Å². The standard InChI is InChI=1S/C11H19NO3S/c1-8-4-3-5-9(2)12(8)10(13)6-16-7-11(14)15/h8-9H,3-7H2,1-2H3,(H,14,15)/t8-,9+. The van der Waals surface area contributed by atoms with E-state index in [1.54, 1.807) is 0 Å². The van der Waals surface area contributed by atoms with Crippen molar-refractivity contribution in [1.82, 2.24) is 4.90 Å². The molecule has 4 nitrogen and oxygen atoms in total. The Morgan fingerprint density at radius 3 is 2.31 bits per heavy atom. The van der Waals surface area contributed by atoms with Crippen LogP contribution < -0.4 is 0 Å². The molecular weight excluding hydrogens is 226 g/mol. The first-order chi connectivity index (χ1) is 7.52. The Bertz CT molecular complexity index is 260. The highest BCUT2D eigenvalue weighted by Crippen LogP contribution is 2.23. The number of amides is 1. The predicted molar refractivity (Wildman–Crippen MR) is 64.6 cm³/mol. The zero-order valence-corrected chi connectivity index (χ0v) is 10.6. The minimum atomic E-state index is -0.863. The topological polar surface area (TPSA) is 57.6 Å². The Morgan fingerprint density at radius 1 is 1.25 bits per heavy atom.